The van der Waals surface area contributed by atoms with Crippen molar-refractivity contribution in [3.05, 3.63) is 53.1 Å². The molecular formula is C20H21NO4S. The van der Waals surface area contributed by atoms with Crippen molar-refractivity contribution in [1.82, 2.24) is 4.31 Å². The SMILES string of the molecule is O=S(=O)(c1ccc2c(c1)CCC2)N1CCC(c2ccc3c(c2)OCO3)C1. The zero-order valence-electron chi connectivity index (χ0n) is 14.5. The van der Waals surface area contributed by atoms with E-state index in [1.807, 2.05) is 30.3 Å². The van der Waals surface area contributed by atoms with Crippen molar-refractivity contribution in [1.29, 1.82) is 0 Å². The number of nitrogens with zero attached hydrogens (tertiary/aromatic N) is 1. The van der Waals surface area contributed by atoms with Gasteiger partial charge in [0, 0.05) is 13.1 Å². The van der Waals surface area contributed by atoms with Crippen LogP contribution in [-0.2, 0) is 22.9 Å². The fourth-order valence-corrected chi connectivity index (χ4v) is 5.79. The standard InChI is InChI=1S/C20H21NO4S/c22-26(23,18-6-4-14-2-1-3-15(14)10-18)21-9-8-17(12-21)16-5-7-19-20(11-16)25-13-24-19/h4-7,10-11,17H,1-3,8-9,12-13H2. The van der Waals surface area contributed by atoms with E-state index in [2.05, 4.69) is 0 Å². The van der Waals surface area contributed by atoms with Gasteiger partial charge in [0.05, 0.1) is 4.90 Å². The highest BCUT2D eigenvalue weighted by molar-refractivity contribution is 7.89. The Labute approximate surface area is 153 Å². The Morgan fingerprint density at radius 1 is 0.962 bits per heavy atom. The van der Waals surface area contributed by atoms with Crippen LogP contribution in [0.4, 0.5) is 0 Å². The van der Waals surface area contributed by atoms with Crippen molar-refractivity contribution < 1.29 is 17.9 Å². The van der Waals surface area contributed by atoms with Gasteiger partial charge in [-0.2, -0.15) is 4.31 Å². The van der Waals surface area contributed by atoms with Gasteiger partial charge in [-0.25, -0.2) is 8.42 Å². The summed E-state index contributed by atoms with van der Waals surface area (Å²) in [6, 6.07) is 11.6. The summed E-state index contributed by atoms with van der Waals surface area (Å²) in [5.41, 5.74) is 3.60. The maximum absolute atomic E-state index is 13.1. The van der Waals surface area contributed by atoms with E-state index in [0.717, 1.165) is 42.7 Å². The molecule has 0 saturated carbocycles. The third-order valence-electron chi connectivity index (χ3n) is 5.73. The summed E-state index contributed by atoms with van der Waals surface area (Å²) in [6.07, 6.45) is 3.99. The molecule has 2 aliphatic heterocycles. The van der Waals surface area contributed by atoms with Crippen molar-refractivity contribution in [2.75, 3.05) is 19.9 Å². The molecule has 1 atom stereocenters. The largest absolute Gasteiger partial charge is 0.454 e. The van der Waals surface area contributed by atoms with Crippen LogP contribution in [0.15, 0.2) is 41.3 Å². The van der Waals surface area contributed by atoms with Gasteiger partial charge in [-0.15, -0.1) is 0 Å². The highest BCUT2D eigenvalue weighted by atomic mass is 32.2. The van der Waals surface area contributed by atoms with E-state index in [1.54, 1.807) is 10.4 Å². The molecule has 136 valence electrons. The Morgan fingerprint density at radius 2 is 1.81 bits per heavy atom. The van der Waals surface area contributed by atoms with E-state index in [1.165, 1.54) is 11.1 Å². The van der Waals surface area contributed by atoms with Crippen molar-refractivity contribution in [3.8, 4) is 11.5 Å². The molecule has 2 aromatic carbocycles. The van der Waals surface area contributed by atoms with Gasteiger partial charge < -0.3 is 9.47 Å². The lowest BCUT2D eigenvalue weighted by Gasteiger charge is -2.17. The second kappa shape index (κ2) is 5.99. The van der Waals surface area contributed by atoms with Gasteiger partial charge in [-0.1, -0.05) is 12.1 Å². The molecule has 2 aromatic rings. The van der Waals surface area contributed by atoms with Gasteiger partial charge in [-0.05, 0) is 72.6 Å². The number of sulfonamides is 1. The number of hydrogen-bond acceptors (Lipinski definition) is 4. The van der Waals surface area contributed by atoms with Crippen LogP contribution in [0.5, 0.6) is 11.5 Å². The number of ether oxygens (including phenoxy) is 2. The third-order valence-corrected chi connectivity index (χ3v) is 7.59. The molecule has 0 radical (unpaired) electrons. The lowest BCUT2D eigenvalue weighted by Crippen LogP contribution is -2.28. The first kappa shape index (κ1) is 16.1. The highest BCUT2D eigenvalue weighted by Gasteiger charge is 2.34. The molecule has 0 aromatic heterocycles. The maximum atomic E-state index is 13.1. The molecule has 5 rings (SSSR count). The predicted molar refractivity (Wildman–Crippen MR) is 97.1 cm³/mol. The Hall–Kier alpha value is -2.05. The average molecular weight is 371 g/mol. The van der Waals surface area contributed by atoms with E-state index in [-0.39, 0.29) is 12.7 Å². The van der Waals surface area contributed by atoms with Gasteiger partial charge >= 0.3 is 0 Å². The molecule has 1 fully saturated rings. The number of hydrogen-bond donors (Lipinski definition) is 0. The lowest BCUT2D eigenvalue weighted by atomic mass is 9.98. The molecule has 3 aliphatic rings. The van der Waals surface area contributed by atoms with Crippen LogP contribution in [0.25, 0.3) is 0 Å². The molecule has 0 spiro atoms. The zero-order chi connectivity index (χ0) is 17.7. The molecule has 1 aliphatic carbocycles. The second-order valence-corrected chi connectivity index (χ2v) is 9.18. The first-order valence-corrected chi connectivity index (χ1v) is 10.6. The quantitative estimate of drug-likeness (QED) is 0.832. The second-order valence-electron chi connectivity index (χ2n) is 7.25. The van der Waals surface area contributed by atoms with Crippen LogP contribution in [0.2, 0.25) is 0 Å². The Bertz CT molecular complexity index is 970. The monoisotopic (exact) mass is 371 g/mol. The van der Waals surface area contributed by atoms with E-state index in [9.17, 15) is 8.42 Å². The molecule has 1 unspecified atom stereocenters. The fourth-order valence-electron chi connectivity index (χ4n) is 4.24. The zero-order valence-corrected chi connectivity index (χ0v) is 15.3. The minimum Gasteiger partial charge on any atom is -0.454 e. The predicted octanol–water partition coefficient (Wildman–Crippen LogP) is 3.08. The molecule has 1 saturated heterocycles. The molecule has 0 amide bonds. The van der Waals surface area contributed by atoms with Crippen molar-refractivity contribution in [2.45, 2.75) is 36.5 Å². The minimum atomic E-state index is -3.44. The molecule has 26 heavy (non-hydrogen) atoms. The summed E-state index contributed by atoms with van der Waals surface area (Å²) >= 11 is 0. The summed E-state index contributed by atoms with van der Waals surface area (Å²) in [7, 11) is -3.44. The molecule has 6 heteroatoms. The van der Waals surface area contributed by atoms with Crippen LogP contribution >= 0.6 is 0 Å². The maximum Gasteiger partial charge on any atom is 0.243 e. The highest BCUT2D eigenvalue weighted by Crippen LogP contribution is 2.38. The number of fused-ring (bicyclic) bond motifs is 2. The van der Waals surface area contributed by atoms with Gasteiger partial charge in [0.15, 0.2) is 11.5 Å². The summed E-state index contributed by atoms with van der Waals surface area (Å²) in [4.78, 5) is 0.435. The summed E-state index contributed by atoms with van der Waals surface area (Å²) in [5, 5.41) is 0. The Kier molecular flexibility index (Phi) is 3.72. The van der Waals surface area contributed by atoms with E-state index in [4.69, 9.17) is 9.47 Å². The first-order chi connectivity index (χ1) is 12.6. The summed E-state index contributed by atoms with van der Waals surface area (Å²) in [6.45, 7) is 1.32. The van der Waals surface area contributed by atoms with Crippen molar-refractivity contribution >= 4 is 10.0 Å². The Balaban J connectivity index is 1.38. The van der Waals surface area contributed by atoms with E-state index < -0.39 is 10.0 Å². The minimum absolute atomic E-state index is 0.189. The normalized spacial score (nSPS) is 21.9. The van der Waals surface area contributed by atoms with Gasteiger partial charge in [0.25, 0.3) is 0 Å². The lowest BCUT2D eigenvalue weighted by molar-refractivity contribution is 0.174. The molecule has 0 bridgehead atoms. The van der Waals surface area contributed by atoms with Crippen LogP contribution in [0.1, 0.15) is 35.4 Å². The fraction of sp³-hybridized carbons (Fsp3) is 0.400. The Morgan fingerprint density at radius 3 is 2.73 bits per heavy atom. The van der Waals surface area contributed by atoms with Gasteiger partial charge in [0.1, 0.15) is 0 Å². The van der Waals surface area contributed by atoms with Crippen molar-refractivity contribution in [2.24, 2.45) is 0 Å². The summed E-state index contributed by atoms with van der Waals surface area (Å²) in [5.74, 6) is 1.70. The van der Waals surface area contributed by atoms with E-state index >= 15 is 0 Å². The molecule has 5 nitrogen and oxygen atoms in total. The van der Waals surface area contributed by atoms with Crippen LogP contribution < -0.4 is 9.47 Å². The topological polar surface area (TPSA) is 55.8 Å². The number of rotatable bonds is 3. The van der Waals surface area contributed by atoms with Crippen molar-refractivity contribution in [3.63, 3.8) is 0 Å². The van der Waals surface area contributed by atoms with Gasteiger partial charge in [-0.3, -0.25) is 0 Å². The number of aryl methyl sites for hydroxylation is 2. The van der Waals surface area contributed by atoms with E-state index in [0.29, 0.717) is 18.0 Å². The average Bonchev–Trinajstić information content (AvgIpc) is 3.39. The third kappa shape index (κ3) is 2.59. The number of benzene rings is 2. The van der Waals surface area contributed by atoms with Gasteiger partial charge in [0.2, 0.25) is 16.8 Å². The first-order valence-electron chi connectivity index (χ1n) is 9.13. The van der Waals surface area contributed by atoms with Crippen LogP contribution in [0, 0.1) is 0 Å². The van der Waals surface area contributed by atoms with Crippen LogP contribution in [0.3, 0.4) is 0 Å². The molecular weight excluding hydrogens is 350 g/mol. The molecule has 2 heterocycles. The summed E-state index contributed by atoms with van der Waals surface area (Å²) < 4.78 is 38.6. The molecule has 0 N–H and O–H groups in total. The van der Waals surface area contributed by atoms with Crippen LogP contribution in [-0.4, -0.2) is 32.6 Å². The smallest absolute Gasteiger partial charge is 0.243 e.